The summed E-state index contributed by atoms with van der Waals surface area (Å²) in [6, 6.07) is 50.9. The van der Waals surface area contributed by atoms with Gasteiger partial charge in [-0.25, -0.2) is 0 Å². The molecule has 1 aliphatic carbocycles. The van der Waals surface area contributed by atoms with Gasteiger partial charge in [0, 0.05) is 43.8 Å². The fourth-order valence-corrected chi connectivity index (χ4v) is 8.71. The molecule has 6 aromatic rings. The van der Waals surface area contributed by atoms with Crippen LogP contribution in [0.2, 0.25) is 0 Å². The molecule has 9 rings (SSSR count). The molecule has 0 aromatic heterocycles. The van der Waals surface area contributed by atoms with Gasteiger partial charge >= 0.3 is 0 Å². The van der Waals surface area contributed by atoms with Crippen LogP contribution in [0.1, 0.15) is 12.8 Å². The van der Waals surface area contributed by atoms with Gasteiger partial charge in [-0.1, -0.05) is 143 Å². The lowest BCUT2D eigenvalue weighted by Gasteiger charge is -2.41. The standard InChI is InChI=1S/C42H31B2N2S/c1-4-16-29(17-5-1)43-33-28-38-41-42(40(33)32-22-10-13-25-36(32)45-30-18-6-2-7-19-30)47-39-27-15-12-24-35(39)44(41)34-23-11-14-26-37(34)46(38)31-20-8-3-9-21-31/h1-6,8-18,20-28,45H,7,19H2. The number of hydrogen-bond acceptors (Lipinski definition) is 3. The number of hydrogen-bond donors (Lipinski definition) is 1. The number of fused-ring (bicyclic) bond motifs is 4. The predicted molar refractivity (Wildman–Crippen MR) is 203 cm³/mol. The Balaban J connectivity index is 1.36. The minimum absolute atomic E-state index is 0.129. The van der Waals surface area contributed by atoms with E-state index in [1.807, 2.05) is 11.8 Å². The normalized spacial score (nSPS) is 14.1. The van der Waals surface area contributed by atoms with E-state index in [9.17, 15) is 0 Å². The van der Waals surface area contributed by atoms with Crippen LogP contribution in [0.5, 0.6) is 0 Å². The van der Waals surface area contributed by atoms with Gasteiger partial charge in [-0.05, 0) is 71.8 Å². The average molecular weight is 617 g/mol. The first-order valence-electron chi connectivity index (χ1n) is 16.4. The minimum atomic E-state index is 0.129. The molecule has 0 fully saturated rings. The lowest BCUT2D eigenvalue weighted by Crippen LogP contribution is -2.60. The van der Waals surface area contributed by atoms with Gasteiger partial charge < -0.3 is 10.2 Å². The molecule has 0 amide bonds. The van der Waals surface area contributed by atoms with Crippen LogP contribution in [0.25, 0.3) is 11.1 Å². The average Bonchev–Trinajstić information content (AvgIpc) is 3.13. The van der Waals surface area contributed by atoms with Crippen molar-refractivity contribution >= 4 is 75.8 Å². The van der Waals surface area contributed by atoms with Crippen molar-refractivity contribution in [2.24, 2.45) is 0 Å². The summed E-state index contributed by atoms with van der Waals surface area (Å²) in [5.74, 6) is 0. The van der Waals surface area contributed by atoms with Gasteiger partial charge in [-0.2, -0.15) is 0 Å². The Labute approximate surface area is 282 Å². The minimum Gasteiger partial charge on any atom is -0.358 e. The zero-order valence-corrected chi connectivity index (χ0v) is 26.8. The van der Waals surface area contributed by atoms with Gasteiger partial charge in [0.25, 0.3) is 0 Å². The summed E-state index contributed by atoms with van der Waals surface area (Å²) >= 11 is 1.92. The summed E-state index contributed by atoms with van der Waals surface area (Å²) in [5, 5.41) is 3.85. The van der Waals surface area contributed by atoms with Gasteiger partial charge in [0.15, 0.2) is 7.28 Å². The number of benzene rings is 6. The van der Waals surface area contributed by atoms with E-state index in [1.165, 1.54) is 71.0 Å². The summed E-state index contributed by atoms with van der Waals surface area (Å²) in [5.41, 5.74) is 15.0. The molecule has 2 nitrogen and oxygen atoms in total. The van der Waals surface area contributed by atoms with Crippen LogP contribution in [0, 0.1) is 0 Å². The smallest absolute Gasteiger partial charge is 0.249 e. The first-order chi connectivity index (χ1) is 23.3. The molecule has 0 saturated heterocycles. The van der Waals surface area contributed by atoms with Crippen molar-refractivity contribution in [2.45, 2.75) is 22.6 Å². The van der Waals surface area contributed by atoms with Crippen molar-refractivity contribution in [3.8, 4) is 11.1 Å². The number of para-hydroxylation sites is 3. The zero-order valence-electron chi connectivity index (χ0n) is 25.9. The monoisotopic (exact) mass is 617 g/mol. The molecular formula is C42H31B2N2S. The van der Waals surface area contributed by atoms with E-state index in [1.54, 1.807) is 0 Å². The third kappa shape index (κ3) is 4.94. The molecule has 6 aromatic carbocycles. The first-order valence-corrected chi connectivity index (χ1v) is 17.2. The maximum atomic E-state index is 3.85. The summed E-state index contributed by atoms with van der Waals surface area (Å²) in [4.78, 5) is 5.13. The van der Waals surface area contributed by atoms with Crippen molar-refractivity contribution < 1.29 is 0 Å². The Hall–Kier alpha value is -5.12. The van der Waals surface area contributed by atoms with Gasteiger partial charge in [0.05, 0.1) is 0 Å². The van der Waals surface area contributed by atoms with E-state index in [0.717, 1.165) is 18.5 Å². The zero-order chi connectivity index (χ0) is 31.2. The van der Waals surface area contributed by atoms with Crippen LogP contribution in [0.4, 0.5) is 22.7 Å². The summed E-state index contributed by atoms with van der Waals surface area (Å²) in [6.45, 7) is 0.129. The quantitative estimate of drug-likeness (QED) is 0.196. The second-order valence-corrected chi connectivity index (χ2v) is 13.3. The molecule has 0 bridgehead atoms. The Kier molecular flexibility index (Phi) is 7.13. The molecule has 0 unspecified atom stereocenters. The van der Waals surface area contributed by atoms with Crippen molar-refractivity contribution in [1.82, 2.24) is 0 Å². The Bertz CT molecular complexity index is 2190. The van der Waals surface area contributed by atoms with Gasteiger partial charge in [-0.3, -0.25) is 0 Å². The number of allylic oxidation sites excluding steroid dienone is 4. The highest BCUT2D eigenvalue weighted by molar-refractivity contribution is 8.00. The Morgan fingerprint density at radius 3 is 2.26 bits per heavy atom. The van der Waals surface area contributed by atoms with Crippen LogP contribution in [0.15, 0.2) is 173 Å². The third-order valence-corrected chi connectivity index (χ3v) is 10.7. The highest BCUT2D eigenvalue weighted by atomic mass is 32.2. The summed E-state index contributed by atoms with van der Waals surface area (Å²) < 4.78 is 0. The molecule has 221 valence electrons. The number of rotatable bonds is 6. The lowest BCUT2D eigenvalue weighted by molar-refractivity contribution is 0.967. The maximum absolute atomic E-state index is 3.85. The van der Waals surface area contributed by atoms with Gasteiger partial charge in [0.1, 0.15) is 0 Å². The largest absolute Gasteiger partial charge is 0.358 e. The SMILES string of the molecule is [B](c1ccccc1)c1cc2c3c(c1-c1ccccc1NC1=CC=CCC1)Sc1ccccc1B3c1ccccc1N2c1ccccc1. The topological polar surface area (TPSA) is 15.3 Å². The molecule has 5 heteroatoms. The van der Waals surface area contributed by atoms with E-state index < -0.39 is 0 Å². The molecule has 3 aliphatic rings. The summed E-state index contributed by atoms with van der Waals surface area (Å²) in [7, 11) is 2.37. The molecule has 47 heavy (non-hydrogen) atoms. The molecule has 2 aliphatic heterocycles. The van der Waals surface area contributed by atoms with Crippen LogP contribution in [-0.4, -0.2) is 14.0 Å². The molecule has 1 radical (unpaired) electrons. The van der Waals surface area contributed by atoms with Crippen molar-refractivity contribution in [1.29, 1.82) is 0 Å². The van der Waals surface area contributed by atoms with Gasteiger partial charge in [0.2, 0.25) is 6.71 Å². The number of nitrogens with one attached hydrogen (secondary N) is 1. The molecular weight excluding hydrogens is 586 g/mol. The van der Waals surface area contributed by atoms with Crippen molar-refractivity contribution in [2.75, 3.05) is 10.2 Å². The first kappa shape index (κ1) is 28.1. The molecule has 1 N–H and O–H groups in total. The maximum Gasteiger partial charge on any atom is 0.249 e. The predicted octanol–water partition coefficient (Wildman–Crippen LogP) is 7.42. The highest BCUT2D eigenvalue weighted by Gasteiger charge is 2.42. The second-order valence-electron chi connectivity index (χ2n) is 12.3. The van der Waals surface area contributed by atoms with Crippen molar-refractivity contribution in [3.63, 3.8) is 0 Å². The highest BCUT2D eigenvalue weighted by Crippen LogP contribution is 2.45. The number of nitrogens with zero attached hydrogens (tertiary/aromatic N) is 1. The van der Waals surface area contributed by atoms with Crippen LogP contribution < -0.4 is 37.5 Å². The van der Waals surface area contributed by atoms with Crippen LogP contribution in [0.3, 0.4) is 0 Å². The third-order valence-electron chi connectivity index (χ3n) is 9.43. The Morgan fingerprint density at radius 1 is 0.702 bits per heavy atom. The van der Waals surface area contributed by atoms with E-state index in [2.05, 4.69) is 175 Å². The van der Waals surface area contributed by atoms with E-state index in [0.29, 0.717) is 0 Å². The molecule has 0 spiro atoms. The summed E-state index contributed by atoms with van der Waals surface area (Å²) in [6.07, 6.45) is 8.68. The lowest BCUT2D eigenvalue weighted by atomic mass is 9.34. The molecule has 2 heterocycles. The molecule has 0 atom stereocenters. The number of anilines is 4. The van der Waals surface area contributed by atoms with Crippen molar-refractivity contribution in [3.05, 3.63) is 163 Å². The fraction of sp³-hybridized carbons (Fsp3) is 0.0476. The fourth-order valence-electron chi connectivity index (χ4n) is 7.38. The Morgan fingerprint density at radius 2 is 1.43 bits per heavy atom. The van der Waals surface area contributed by atoms with Crippen LogP contribution in [-0.2, 0) is 0 Å². The van der Waals surface area contributed by atoms with E-state index in [-0.39, 0.29) is 6.71 Å². The molecule has 0 saturated carbocycles. The second kappa shape index (κ2) is 11.9. The van der Waals surface area contributed by atoms with Crippen LogP contribution >= 0.6 is 11.8 Å². The van der Waals surface area contributed by atoms with Gasteiger partial charge in [-0.15, -0.1) is 0 Å². The van der Waals surface area contributed by atoms with E-state index >= 15 is 0 Å². The van der Waals surface area contributed by atoms with E-state index in [4.69, 9.17) is 0 Å².